The summed E-state index contributed by atoms with van der Waals surface area (Å²) in [5, 5.41) is 2.47. The Balaban J connectivity index is 1.84. The van der Waals surface area contributed by atoms with E-state index in [9.17, 15) is 0 Å². The van der Waals surface area contributed by atoms with Gasteiger partial charge in [0.05, 0.1) is 7.11 Å². The third kappa shape index (κ3) is 2.36. The molecule has 23 heavy (non-hydrogen) atoms. The molecule has 0 amide bonds. The molecule has 1 heterocycles. The molecule has 3 aromatic rings. The fourth-order valence-corrected chi connectivity index (χ4v) is 3.26. The van der Waals surface area contributed by atoms with Gasteiger partial charge in [0.25, 0.3) is 0 Å². The molecule has 0 fully saturated rings. The first-order valence-corrected chi connectivity index (χ1v) is 7.75. The maximum absolute atomic E-state index is 6.11. The first-order chi connectivity index (χ1) is 11.3. The lowest BCUT2D eigenvalue weighted by atomic mass is 9.91. The molecule has 1 aliphatic rings. The van der Waals surface area contributed by atoms with E-state index in [4.69, 9.17) is 9.47 Å². The third-order valence-corrected chi connectivity index (χ3v) is 4.46. The van der Waals surface area contributed by atoms with E-state index in [2.05, 4.69) is 49.0 Å². The number of hydrogen-bond acceptors (Lipinski definition) is 2. The van der Waals surface area contributed by atoms with Crippen molar-refractivity contribution >= 4 is 16.3 Å². The van der Waals surface area contributed by atoms with Crippen LogP contribution in [0, 0.1) is 0 Å². The van der Waals surface area contributed by atoms with E-state index >= 15 is 0 Å². The number of ether oxygens (including phenoxy) is 2. The first-order valence-electron chi connectivity index (χ1n) is 7.75. The van der Waals surface area contributed by atoms with Crippen LogP contribution in [0.2, 0.25) is 0 Å². The fourth-order valence-electron chi connectivity index (χ4n) is 3.26. The van der Waals surface area contributed by atoms with Crippen molar-refractivity contribution in [3.05, 3.63) is 77.9 Å². The monoisotopic (exact) mass is 302 g/mol. The van der Waals surface area contributed by atoms with Gasteiger partial charge < -0.3 is 9.47 Å². The van der Waals surface area contributed by atoms with Crippen molar-refractivity contribution in [3.63, 3.8) is 0 Å². The highest BCUT2D eigenvalue weighted by atomic mass is 16.5. The third-order valence-electron chi connectivity index (χ3n) is 4.46. The molecule has 2 heteroatoms. The molecule has 0 saturated heterocycles. The van der Waals surface area contributed by atoms with E-state index < -0.39 is 0 Å². The largest absolute Gasteiger partial charge is 0.497 e. The second kappa shape index (κ2) is 5.47. The van der Waals surface area contributed by atoms with Gasteiger partial charge >= 0.3 is 0 Å². The predicted octanol–water partition coefficient (Wildman–Crippen LogP) is 5.00. The van der Waals surface area contributed by atoms with Crippen LogP contribution >= 0.6 is 0 Å². The maximum Gasteiger partial charge on any atom is 0.123 e. The summed E-state index contributed by atoms with van der Waals surface area (Å²) in [6.07, 6.45) is 0.788. The average molecular weight is 302 g/mol. The summed E-state index contributed by atoms with van der Waals surface area (Å²) in [5.74, 6) is 1.79. The molecule has 1 aliphatic heterocycles. The zero-order valence-corrected chi connectivity index (χ0v) is 13.1. The molecule has 0 aliphatic carbocycles. The molecule has 0 N–H and O–H groups in total. The Morgan fingerprint density at radius 3 is 2.78 bits per heavy atom. The van der Waals surface area contributed by atoms with Crippen molar-refractivity contribution in [1.82, 2.24) is 0 Å². The highest BCUT2D eigenvalue weighted by molar-refractivity contribution is 5.90. The van der Waals surface area contributed by atoms with Crippen molar-refractivity contribution in [3.8, 4) is 11.5 Å². The molecule has 114 valence electrons. The molecule has 0 bridgehead atoms. The Bertz CT molecular complexity index is 909. The summed E-state index contributed by atoms with van der Waals surface area (Å²) >= 11 is 0. The van der Waals surface area contributed by atoms with Gasteiger partial charge in [0.2, 0.25) is 0 Å². The van der Waals surface area contributed by atoms with Gasteiger partial charge in [0.15, 0.2) is 0 Å². The van der Waals surface area contributed by atoms with Crippen LogP contribution in [0.15, 0.2) is 61.2 Å². The number of methoxy groups -OCH3 is 1. The molecule has 3 aromatic carbocycles. The van der Waals surface area contributed by atoms with Crippen LogP contribution in [0.3, 0.4) is 0 Å². The molecular weight excluding hydrogens is 284 g/mol. The zero-order valence-electron chi connectivity index (χ0n) is 13.1. The minimum atomic E-state index is 0.525. The highest BCUT2D eigenvalue weighted by Gasteiger charge is 2.17. The van der Waals surface area contributed by atoms with Crippen LogP contribution < -0.4 is 9.47 Å². The second-order valence-corrected chi connectivity index (χ2v) is 5.86. The summed E-state index contributed by atoms with van der Waals surface area (Å²) in [6, 6.07) is 18.7. The maximum atomic E-state index is 6.11. The fraction of sp³-hybridized carbons (Fsp3) is 0.143. The smallest absolute Gasteiger partial charge is 0.123 e. The highest BCUT2D eigenvalue weighted by Crippen LogP contribution is 2.36. The summed E-state index contributed by atoms with van der Waals surface area (Å²) in [4.78, 5) is 0. The molecule has 0 aromatic heterocycles. The van der Waals surface area contributed by atoms with E-state index in [-0.39, 0.29) is 0 Å². The van der Waals surface area contributed by atoms with E-state index in [1.54, 1.807) is 7.11 Å². The van der Waals surface area contributed by atoms with Crippen LogP contribution in [-0.4, -0.2) is 7.11 Å². The molecular formula is C21H18O2. The lowest BCUT2D eigenvalue weighted by Gasteiger charge is -2.21. The summed E-state index contributed by atoms with van der Waals surface area (Å²) in [5.41, 5.74) is 4.61. The van der Waals surface area contributed by atoms with E-state index in [1.165, 1.54) is 16.3 Å². The quantitative estimate of drug-likeness (QED) is 0.630. The van der Waals surface area contributed by atoms with Gasteiger partial charge in [-0.05, 0) is 40.1 Å². The second-order valence-electron chi connectivity index (χ2n) is 5.86. The topological polar surface area (TPSA) is 18.5 Å². The minimum absolute atomic E-state index is 0.525. The lowest BCUT2D eigenvalue weighted by molar-refractivity contribution is 0.301. The van der Waals surface area contributed by atoms with Crippen molar-refractivity contribution < 1.29 is 9.47 Å². The van der Waals surface area contributed by atoms with Crippen LogP contribution in [0.4, 0.5) is 0 Å². The van der Waals surface area contributed by atoms with Crippen LogP contribution in [-0.2, 0) is 13.0 Å². The number of rotatable bonds is 1. The number of fused-ring (bicyclic) bond motifs is 4. The standard InChI is InChI=1S/C21H18O2/c1-14-11-20-19-6-4-3-5-15(19)7-10-21(20)23-13-16-12-17(22-2)8-9-18(14)16/h3-10,12H,1,11,13H2,2H3. The number of benzene rings is 3. The molecule has 0 radical (unpaired) electrons. The lowest BCUT2D eigenvalue weighted by Crippen LogP contribution is -2.07. The molecule has 4 rings (SSSR count). The van der Waals surface area contributed by atoms with Gasteiger partial charge in [-0.1, -0.05) is 43.0 Å². The summed E-state index contributed by atoms with van der Waals surface area (Å²) in [6.45, 7) is 4.85. The normalized spacial score (nSPS) is 13.5. The molecule has 0 atom stereocenters. The molecule has 0 saturated carbocycles. The molecule has 0 unspecified atom stereocenters. The van der Waals surface area contributed by atoms with Crippen molar-refractivity contribution in [2.75, 3.05) is 7.11 Å². The van der Waals surface area contributed by atoms with Crippen LogP contribution in [0.25, 0.3) is 16.3 Å². The van der Waals surface area contributed by atoms with Gasteiger partial charge in [0, 0.05) is 17.5 Å². The molecule has 0 spiro atoms. The van der Waals surface area contributed by atoms with Crippen LogP contribution in [0.1, 0.15) is 16.7 Å². The number of allylic oxidation sites excluding steroid dienone is 1. The average Bonchev–Trinajstić information content (AvgIpc) is 2.59. The van der Waals surface area contributed by atoms with Gasteiger partial charge in [-0.3, -0.25) is 0 Å². The predicted molar refractivity (Wildman–Crippen MR) is 94.0 cm³/mol. The van der Waals surface area contributed by atoms with E-state index in [1.807, 2.05) is 12.1 Å². The summed E-state index contributed by atoms with van der Waals surface area (Å²) < 4.78 is 11.4. The van der Waals surface area contributed by atoms with Gasteiger partial charge in [-0.2, -0.15) is 0 Å². The minimum Gasteiger partial charge on any atom is -0.497 e. The van der Waals surface area contributed by atoms with Crippen molar-refractivity contribution in [2.24, 2.45) is 0 Å². The van der Waals surface area contributed by atoms with E-state index in [0.717, 1.165) is 34.6 Å². The van der Waals surface area contributed by atoms with E-state index in [0.29, 0.717) is 6.61 Å². The Morgan fingerprint density at radius 2 is 1.91 bits per heavy atom. The Hall–Kier alpha value is -2.74. The SMILES string of the molecule is C=C1Cc2c(ccc3ccccc23)OCc2cc(OC)ccc21. The Kier molecular flexibility index (Phi) is 3.30. The van der Waals surface area contributed by atoms with Gasteiger partial charge in [0.1, 0.15) is 18.1 Å². The van der Waals surface area contributed by atoms with Gasteiger partial charge in [-0.25, -0.2) is 0 Å². The van der Waals surface area contributed by atoms with Crippen LogP contribution in [0.5, 0.6) is 11.5 Å². The van der Waals surface area contributed by atoms with Crippen molar-refractivity contribution in [2.45, 2.75) is 13.0 Å². The Morgan fingerprint density at radius 1 is 1.04 bits per heavy atom. The first kappa shape index (κ1) is 13.9. The van der Waals surface area contributed by atoms with Gasteiger partial charge in [-0.15, -0.1) is 0 Å². The number of hydrogen-bond donors (Lipinski definition) is 0. The van der Waals surface area contributed by atoms with Crippen molar-refractivity contribution in [1.29, 1.82) is 0 Å². The summed E-state index contributed by atoms with van der Waals surface area (Å²) in [7, 11) is 1.68. The molecule has 2 nitrogen and oxygen atoms in total. The zero-order chi connectivity index (χ0) is 15.8. The Labute approximate surface area is 136 Å².